The largest absolute Gasteiger partial charge is 0.388 e. The molecule has 0 aliphatic heterocycles. The van der Waals surface area contributed by atoms with Crippen LogP contribution >= 0.6 is 34.8 Å². The fraction of sp³-hybridized carbons (Fsp3) is 0.429. The van der Waals surface area contributed by atoms with Crippen molar-refractivity contribution in [3.63, 3.8) is 0 Å². The molecule has 72 valence electrons. The van der Waals surface area contributed by atoms with Gasteiger partial charge in [-0.25, -0.2) is 9.97 Å². The summed E-state index contributed by atoms with van der Waals surface area (Å²) in [6.45, 7) is 0. The minimum absolute atomic E-state index is 0.193. The minimum atomic E-state index is -1.68. The van der Waals surface area contributed by atoms with Crippen molar-refractivity contribution in [2.45, 2.75) is 16.3 Å². The summed E-state index contributed by atoms with van der Waals surface area (Å²) in [5, 5.41) is 9.38. The van der Waals surface area contributed by atoms with E-state index in [4.69, 9.17) is 34.8 Å². The Morgan fingerprint density at radius 2 is 2.15 bits per heavy atom. The number of hydrogen-bond donors (Lipinski definition) is 1. The molecule has 6 heteroatoms. The second-order valence-electron chi connectivity index (χ2n) is 2.46. The second kappa shape index (κ2) is 4.42. The van der Waals surface area contributed by atoms with E-state index >= 15 is 0 Å². The van der Waals surface area contributed by atoms with Crippen LogP contribution in [0.15, 0.2) is 18.6 Å². The molecule has 1 aromatic rings. The Morgan fingerprint density at radius 3 is 2.62 bits per heavy atom. The van der Waals surface area contributed by atoms with Gasteiger partial charge in [0.2, 0.25) is 3.79 Å². The van der Waals surface area contributed by atoms with Gasteiger partial charge in [-0.2, -0.15) is 0 Å². The highest BCUT2D eigenvalue weighted by Crippen LogP contribution is 2.31. The van der Waals surface area contributed by atoms with Crippen molar-refractivity contribution in [2.24, 2.45) is 0 Å². The zero-order chi connectivity index (χ0) is 9.90. The molecule has 0 saturated heterocycles. The van der Waals surface area contributed by atoms with Gasteiger partial charge in [-0.1, -0.05) is 34.8 Å². The van der Waals surface area contributed by atoms with Crippen LogP contribution in [0.1, 0.15) is 5.69 Å². The van der Waals surface area contributed by atoms with Crippen molar-refractivity contribution >= 4 is 34.8 Å². The molecule has 0 aromatic carbocycles. The monoisotopic (exact) mass is 240 g/mol. The lowest BCUT2D eigenvalue weighted by Gasteiger charge is -2.17. The fourth-order valence-electron chi connectivity index (χ4n) is 0.753. The molecule has 0 bridgehead atoms. The number of rotatable bonds is 2. The quantitative estimate of drug-likeness (QED) is 0.803. The van der Waals surface area contributed by atoms with Gasteiger partial charge in [-0.3, -0.25) is 0 Å². The highest BCUT2D eigenvalue weighted by Gasteiger charge is 2.30. The standard InChI is InChI=1S/C7H7Cl3N2O/c8-7(9,10)6(13)3-5-1-2-11-4-12-5/h1-2,4,6,13H,3H2. The fourth-order valence-corrected chi connectivity index (χ4v) is 0.984. The molecule has 13 heavy (non-hydrogen) atoms. The first kappa shape index (κ1) is 11.0. The molecule has 0 aliphatic carbocycles. The Morgan fingerprint density at radius 1 is 1.46 bits per heavy atom. The third-order valence-corrected chi connectivity index (χ3v) is 2.18. The SMILES string of the molecule is OC(Cc1ccncn1)C(Cl)(Cl)Cl. The second-order valence-corrected chi connectivity index (χ2v) is 4.83. The van der Waals surface area contributed by atoms with E-state index in [-0.39, 0.29) is 6.42 Å². The van der Waals surface area contributed by atoms with E-state index in [9.17, 15) is 5.11 Å². The third kappa shape index (κ3) is 3.65. The van der Waals surface area contributed by atoms with Crippen molar-refractivity contribution in [2.75, 3.05) is 0 Å². The molecule has 0 amide bonds. The highest BCUT2D eigenvalue weighted by atomic mass is 35.6. The number of nitrogens with zero attached hydrogens (tertiary/aromatic N) is 2. The molecule has 1 N–H and O–H groups in total. The molecule has 1 unspecified atom stereocenters. The maximum absolute atomic E-state index is 9.38. The molecule has 0 spiro atoms. The van der Waals surface area contributed by atoms with E-state index in [0.717, 1.165) is 0 Å². The predicted octanol–water partition coefficient (Wildman–Crippen LogP) is 1.75. The lowest BCUT2D eigenvalue weighted by Crippen LogP contribution is -2.27. The Labute approximate surface area is 90.7 Å². The highest BCUT2D eigenvalue weighted by molar-refractivity contribution is 6.68. The predicted molar refractivity (Wildman–Crippen MR) is 52.0 cm³/mol. The van der Waals surface area contributed by atoms with Gasteiger partial charge < -0.3 is 5.11 Å². The summed E-state index contributed by atoms with van der Waals surface area (Å²) in [5.41, 5.74) is 0.633. The zero-order valence-electron chi connectivity index (χ0n) is 6.49. The first-order chi connectivity index (χ1) is 6.00. The van der Waals surface area contributed by atoms with E-state index in [1.165, 1.54) is 6.33 Å². The van der Waals surface area contributed by atoms with Crippen molar-refractivity contribution in [1.29, 1.82) is 0 Å². The van der Waals surface area contributed by atoms with Crippen LogP contribution in [0.25, 0.3) is 0 Å². The summed E-state index contributed by atoms with van der Waals surface area (Å²) >= 11 is 16.4. The Kier molecular flexibility index (Phi) is 3.74. The number of aliphatic hydroxyl groups excluding tert-OH is 1. The average molecular weight is 242 g/mol. The van der Waals surface area contributed by atoms with E-state index in [0.29, 0.717) is 5.69 Å². The van der Waals surface area contributed by atoms with Gasteiger partial charge in [0.25, 0.3) is 0 Å². The topological polar surface area (TPSA) is 46.0 Å². The van der Waals surface area contributed by atoms with Crippen LogP contribution in [0.3, 0.4) is 0 Å². The van der Waals surface area contributed by atoms with Gasteiger partial charge in [0, 0.05) is 18.3 Å². The Balaban J connectivity index is 2.61. The number of hydrogen-bond acceptors (Lipinski definition) is 3. The third-order valence-electron chi connectivity index (χ3n) is 1.42. The molecule has 3 nitrogen and oxygen atoms in total. The van der Waals surface area contributed by atoms with E-state index in [1.54, 1.807) is 12.3 Å². The molecule has 0 radical (unpaired) electrons. The van der Waals surface area contributed by atoms with Crippen LogP contribution < -0.4 is 0 Å². The summed E-state index contributed by atoms with van der Waals surface area (Å²) in [4.78, 5) is 7.61. The van der Waals surface area contributed by atoms with Crippen LogP contribution in [0.5, 0.6) is 0 Å². The van der Waals surface area contributed by atoms with Crippen LogP contribution in [0, 0.1) is 0 Å². The minimum Gasteiger partial charge on any atom is -0.388 e. The van der Waals surface area contributed by atoms with Gasteiger partial charge in [0.05, 0.1) is 0 Å². The van der Waals surface area contributed by atoms with Crippen LogP contribution in [0.4, 0.5) is 0 Å². The molecule has 0 saturated carbocycles. The molecular weight excluding hydrogens is 234 g/mol. The maximum atomic E-state index is 9.38. The maximum Gasteiger partial charge on any atom is 0.216 e. The van der Waals surface area contributed by atoms with Crippen LogP contribution in [-0.2, 0) is 6.42 Å². The first-order valence-corrected chi connectivity index (χ1v) is 4.63. The summed E-state index contributed by atoms with van der Waals surface area (Å²) in [6.07, 6.45) is 2.07. The van der Waals surface area contributed by atoms with E-state index in [1.807, 2.05) is 0 Å². The van der Waals surface area contributed by atoms with Crippen LogP contribution in [0.2, 0.25) is 0 Å². The number of alkyl halides is 3. The van der Waals surface area contributed by atoms with Gasteiger partial charge in [-0.15, -0.1) is 0 Å². The molecule has 1 atom stereocenters. The molecule has 0 aliphatic rings. The normalized spacial score (nSPS) is 14.2. The zero-order valence-corrected chi connectivity index (χ0v) is 8.76. The molecule has 1 heterocycles. The molecule has 0 fully saturated rings. The van der Waals surface area contributed by atoms with Crippen molar-refractivity contribution in [3.8, 4) is 0 Å². The Hall–Kier alpha value is -0.0900. The first-order valence-electron chi connectivity index (χ1n) is 3.50. The van der Waals surface area contributed by atoms with Crippen molar-refractivity contribution in [1.82, 2.24) is 9.97 Å². The lowest BCUT2D eigenvalue weighted by atomic mass is 10.2. The number of aliphatic hydroxyl groups is 1. The summed E-state index contributed by atoms with van der Waals surface area (Å²) in [5.74, 6) is 0. The van der Waals surface area contributed by atoms with Gasteiger partial charge in [0.1, 0.15) is 12.4 Å². The van der Waals surface area contributed by atoms with E-state index in [2.05, 4.69) is 9.97 Å². The molecule has 1 aromatic heterocycles. The van der Waals surface area contributed by atoms with Crippen LogP contribution in [-0.4, -0.2) is 25.0 Å². The number of aromatic nitrogens is 2. The van der Waals surface area contributed by atoms with Gasteiger partial charge >= 0.3 is 0 Å². The lowest BCUT2D eigenvalue weighted by molar-refractivity contribution is 0.178. The van der Waals surface area contributed by atoms with Crippen molar-refractivity contribution < 1.29 is 5.11 Å². The summed E-state index contributed by atoms with van der Waals surface area (Å²) < 4.78 is -1.68. The molecular formula is C7H7Cl3N2O. The molecule has 1 rings (SSSR count). The van der Waals surface area contributed by atoms with Gasteiger partial charge in [0.15, 0.2) is 0 Å². The van der Waals surface area contributed by atoms with Gasteiger partial charge in [-0.05, 0) is 6.07 Å². The summed E-state index contributed by atoms with van der Waals surface area (Å²) in [7, 11) is 0. The average Bonchev–Trinajstić information content (AvgIpc) is 2.04. The summed E-state index contributed by atoms with van der Waals surface area (Å²) in [6, 6.07) is 1.65. The number of halogens is 3. The smallest absolute Gasteiger partial charge is 0.216 e. The Bertz CT molecular complexity index is 262. The van der Waals surface area contributed by atoms with E-state index < -0.39 is 9.90 Å². The van der Waals surface area contributed by atoms with Crippen molar-refractivity contribution in [3.05, 3.63) is 24.3 Å².